The van der Waals surface area contributed by atoms with Crippen LogP contribution in [-0.4, -0.2) is 37.3 Å². The highest BCUT2D eigenvalue weighted by Gasteiger charge is 2.17. The molecule has 2 heterocycles. The van der Waals surface area contributed by atoms with Gasteiger partial charge < -0.3 is 15.7 Å². The predicted molar refractivity (Wildman–Crippen MR) is 136 cm³/mol. The quantitative estimate of drug-likeness (QED) is 0.268. The number of benzene rings is 2. The predicted octanol–water partition coefficient (Wildman–Crippen LogP) is 3.50. The molecule has 9 nitrogen and oxygen atoms in total. The van der Waals surface area contributed by atoms with Crippen LogP contribution in [0.4, 0.5) is 5.82 Å². The topological polar surface area (TPSA) is 130 Å². The van der Waals surface area contributed by atoms with Crippen LogP contribution in [0.5, 0.6) is 0 Å². The second kappa shape index (κ2) is 12.6. The lowest BCUT2D eigenvalue weighted by atomic mass is 10.1. The minimum absolute atomic E-state index is 0.221. The lowest BCUT2D eigenvalue weighted by Gasteiger charge is -2.11. The number of anilines is 1. The van der Waals surface area contributed by atoms with Crippen molar-refractivity contribution >= 4 is 29.0 Å². The summed E-state index contributed by atoms with van der Waals surface area (Å²) in [5.74, 6) is -0.500. The van der Waals surface area contributed by atoms with Crippen LogP contribution in [0.3, 0.4) is 0 Å². The average Bonchev–Trinajstić information content (AvgIpc) is 3.40. The molecule has 0 radical (unpaired) electrons. The number of aromatic nitrogens is 4. The lowest BCUT2D eigenvalue weighted by Crippen LogP contribution is -2.22. The van der Waals surface area contributed by atoms with Crippen LogP contribution in [-0.2, 0) is 24.2 Å². The summed E-state index contributed by atoms with van der Waals surface area (Å²) >= 11 is 1.31. The minimum Gasteiger partial charge on any atom is -0.378 e. The molecule has 2 aromatic heterocycles. The van der Waals surface area contributed by atoms with Crippen LogP contribution in [0.1, 0.15) is 50.6 Å². The zero-order valence-electron chi connectivity index (χ0n) is 19.5. The number of nitrogens with zero attached hydrogens (tertiary/aromatic N) is 4. The van der Waals surface area contributed by atoms with Crippen LogP contribution in [0.2, 0.25) is 0 Å². The molecule has 36 heavy (non-hydrogen) atoms. The molecule has 4 rings (SSSR count). The molecular weight excluding hydrogens is 476 g/mol. The third-order valence-electron chi connectivity index (χ3n) is 5.37. The Bertz CT molecular complexity index is 1270. The molecule has 0 aliphatic heterocycles. The molecule has 2 amide bonds. The van der Waals surface area contributed by atoms with E-state index in [-0.39, 0.29) is 11.7 Å². The summed E-state index contributed by atoms with van der Waals surface area (Å²) in [4.78, 5) is 24.5. The maximum atomic E-state index is 12.3. The molecule has 1 atom stereocenters. The number of aliphatic hydroxyl groups is 1. The zero-order valence-corrected chi connectivity index (χ0v) is 20.3. The SMILES string of the molecule is O=C(NCc1ccccc1)c1nnc(CCCCc2ccc(NC(=O)C(O)c3ccccc3)nn2)s1. The van der Waals surface area contributed by atoms with E-state index in [1.54, 1.807) is 36.4 Å². The lowest BCUT2D eigenvalue weighted by molar-refractivity contribution is -0.124. The van der Waals surface area contributed by atoms with Gasteiger partial charge in [0.25, 0.3) is 11.8 Å². The van der Waals surface area contributed by atoms with E-state index in [1.165, 1.54) is 11.3 Å². The number of rotatable bonds is 11. The summed E-state index contributed by atoms with van der Waals surface area (Å²) in [6, 6.07) is 21.9. The number of carbonyl (C=O) groups excluding carboxylic acids is 2. The summed E-state index contributed by atoms with van der Waals surface area (Å²) in [6.07, 6.45) is 1.90. The Kier molecular flexibility index (Phi) is 8.79. The van der Waals surface area contributed by atoms with Gasteiger partial charge in [0.15, 0.2) is 11.9 Å². The fourth-order valence-electron chi connectivity index (χ4n) is 3.42. The molecule has 10 heteroatoms. The first-order chi connectivity index (χ1) is 17.6. The largest absolute Gasteiger partial charge is 0.378 e. The van der Waals surface area contributed by atoms with Crippen LogP contribution >= 0.6 is 11.3 Å². The number of carbonyl (C=O) groups is 2. The molecule has 4 aromatic rings. The van der Waals surface area contributed by atoms with E-state index in [4.69, 9.17) is 0 Å². The zero-order chi connectivity index (χ0) is 25.2. The first-order valence-corrected chi connectivity index (χ1v) is 12.4. The minimum atomic E-state index is -1.27. The van der Waals surface area contributed by atoms with Crippen molar-refractivity contribution in [3.63, 3.8) is 0 Å². The van der Waals surface area contributed by atoms with Crippen molar-refractivity contribution in [1.82, 2.24) is 25.7 Å². The van der Waals surface area contributed by atoms with E-state index in [1.807, 2.05) is 36.4 Å². The van der Waals surface area contributed by atoms with Crippen molar-refractivity contribution in [1.29, 1.82) is 0 Å². The molecule has 0 saturated heterocycles. The van der Waals surface area contributed by atoms with Gasteiger partial charge in [0.2, 0.25) is 5.01 Å². The van der Waals surface area contributed by atoms with Crippen LogP contribution in [0.25, 0.3) is 0 Å². The van der Waals surface area contributed by atoms with E-state index in [9.17, 15) is 14.7 Å². The standard InChI is InChI=1S/C26H26N6O3S/c33-23(19-11-5-2-6-12-19)24(34)28-21-16-15-20(29-30-21)13-7-8-14-22-31-32-26(36-22)25(35)27-17-18-9-3-1-4-10-18/h1-6,9-12,15-16,23,33H,7-8,13-14,17H2,(H,27,35)(H,28,30,34). The molecule has 1 unspecified atom stereocenters. The van der Waals surface area contributed by atoms with Crippen LogP contribution < -0.4 is 10.6 Å². The molecule has 0 fully saturated rings. The Balaban J connectivity index is 1.17. The van der Waals surface area contributed by atoms with Crippen LogP contribution in [0, 0.1) is 0 Å². The molecule has 2 aromatic carbocycles. The monoisotopic (exact) mass is 502 g/mol. The van der Waals surface area contributed by atoms with Gasteiger partial charge in [-0.1, -0.05) is 72.0 Å². The Hall–Kier alpha value is -4.02. The summed E-state index contributed by atoms with van der Waals surface area (Å²) in [5.41, 5.74) is 2.34. The smallest absolute Gasteiger partial charge is 0.282 e. The average molecular weight is 503 g/mol. The van der Waals surface area contributed by atoms with Crippen molar-refractivity contribution in [3.8, 4) is 0 Å². The van der Waals surface area contributed by atoms with Gasteiger partial charge in [-0.15, -0.1) is 15.3 Å². The van der Waals surface area contributed by atoms with E-state index in [2.05, 4.69) is 31.0 Å². The Morgan fingerprint density at radius 2 is 1.56 bits per heavy atom. The first kappa shape index (κ1) is 25.1. The van der Waals surface area contributed by atoms with Gasteiger partial charge in [0.1, 0.15) is 5.01 Å². The molecule has 0 aliphatic carbocycles. The van der Waals surface area contributed by atoms with E-state index >= 15 is 0 Å². The van der Waals surface area contributed by atoms with Crippen molar-refractivity contribution in [2.75, 3.05) is 5.32 Å². The summed E-state index contributed by atoms with van der Waals surface area (Å²) in [5, 5.41) is 33.1. The third-order valence-corrected chi connectivity index (χ3v) is 6.35. The number of hydrogen-bond donors (Lipinski definition) is 3. The van der Waals surface area contributed by atoms with Crippen LogP contribution in [0.15, 0.2) is 72.8 Å². The molecule has 3 N–H and O–H groups in total. The number of hydrogen-bond acceptors (Lipinski definition) is 8. The van der Waals surface area contributed by atoms with E-state index < -0.39 is 12.0 Å². The van der Waals surface area contributed by atoms with Gasteiger partial charge in [-0.2, -0.15) is 5.10 Å². The molecule has 0 aliphatic rings. The fourth-order valence-corrected chi connectivity index (χ4v) is 4.22. The second-order valence-corrected chi connectivity index (χ2v) is 9.15. The molecule has 184 valence electrons. The highest BCUT2D eigenvalue weighted by Crippen LogP contribution is 2.16. The summed E-state index contributed by atoms with van der Waals surface area (Å²) < 4.78 is 0. The van der Waals surface area contributed by atoms with Crippen molar-refractivity contribution in [3.05, 3.63) is 99.6 Å². The number of nitrogens with one attached hydrogen (secondary N) is 2. The van der Waals surface area contributed by atoms with Crippen molar-refractivity contribution in [2.24, 2.45) is 0 Å². The Morgan fingerprint density at radius 1 is 0.833 bits per heavy atom. The second-order valence-electron chi connectivity index (χ2n) is 8.09. The molecular formula is C26H26N6O3S. The molecule has 0 saturated carbocycles. The summed E-state index contributed by atoms with van der Waals surface area (Å²) in [7, 11) is 0. The number of aryl methyl sites for hydroxylation is 2. The van der Waals surface area contributed by atoms with Gasteiger partial charge in [-0.25, -0.2) is 0 Å². The van der Waals surface area contributed by atoms with Crippen molar-refractivity contribution < 1.29 is 14.7 Å². The highest BCUT2D eigenvalue weighted by molar-refractivity contribution is 7.13. The highest BCUT2D eigenvalue weighted by atomic mass is 32.1. The van der Waals surface area contributed by atoms with Gasteiger partial charge in [0, 0.05) is 13.0 Å². The summed E-state index contributed by atoms with van der Waals surface area (Å²) in [6.45, 7) is 0.450. The fraction of sp³-hybridized carbons (Fsp3) is 0.231. The maximum Gasteiger partial charge on any atom is 0.282 e. The molecule has 0 spiro atoms. The Labute approximate surface area is 212 Å². The van der Waals surface area contributed by atoms with Gasteiger partial charge in [-0.05, 0) is 42.5 Å². The Morgan fingerprint density at radius 3 is 2.28 bits per heavy atom. The third kappa shape index (κ3) is 7.24. The number of amides is 2. The number of aliphatic hydroxyl groups excluding tert-OH is 1. The normalized spacial score (nSPS) is 11.6. The van der Waals surface area contributed by atoms with Gasteiger partial charge in [-0.3, -0.25) is 9.59 Å². The first-order valence-electron chi connectivity index (χ1n) is 11.6. The molecule has 0 bridgehead atoms. The van der Waals surface area contributed by atoms with Gasteiger partial charge >= 0.3 is 0 Å². The van der Waals surface area contributed by atoms with E-state index in [0.717, 1.165) is 41.9 Å². The van der Waals surface area contributed by atoms with E-state index in [0.29, 0.717) is 17.1 Å². The number of unbranched alkanes of at least 4 members (excludes halogenated alkanes) is 1. The maximum absolute atomic E-state index is 12.3. The van der Waals surface area contributed by atoms with Gasteiger partial charge in [0.05, 0.1) is 5.69 Å². The van der Waals surface area contributed by atoms with Crippen molar-refractivity contribution in [2.45, 2.75) is 38.3 Å².